The topological polar surface area (TPSA) is 55.1 Å². The lowest BCUT2D eigenvalue weighted by Gasteiger charge is -2.01. The van der Waals surface area contributed by atoms with Crippen molar-refractivity contribution >= 4 is 44.4 Å². The standard InChI is InChI=1S/C9H6BrClN2O2/c10-7-2-6(11)1-5-3-12-13(9(5)7)4-8(14)15/h1-3H,4H2,(H,14,15). The van der Waals surface area contributed by atoms with Crippen LogP contribution in [0.25, 0.3) is 10.9 Å². The fraction of sp³-hybridized carbons (Fsp3) is 0.111. The van der Waals surface area contributed by atoms with Gasteiger partial charge in [0.1, 0.15) is 6.54 Å². The van der Waals surface area contributed by atoms with E-state index in [1.807, 2.05) is 0 Å². The van der Waals surface area contributed by atoms with E-state index in [9.17, 15) is 4.79 Å². The smallest absolute Gasteiger partial charge is 0.325 e. The first-order chi connectivity index (χ1) is 7.08. The second-order valence-electron chi connectivity index (χ2n) is 3.02. The molecule has 1 heterocycles. The van der Waals surface area contributed by atoms with Gasteiger partial charge >= 0.3 is 5.97 Å². The molecule has 0 radical (unpaired) electrons. The van der Waals surface area contributed by atoms with Crippen LogP contribution in [0.5, 0.6) is 0 Å². The SMILES string of the molecule is O=C(O)Cn1ncc2cc(Cl)cc(Br)c21. The van der Waals surface area contributed by atoms with Crippen molar-refractivity contribution in [2.75, 3.05) is 0 Å². The first kappa shape index (κ1) is 10.4. The number of hydrogen-bond acceptors (Lipinski definition) is 2. The van der Waals surface area contributed by atoms with E-state index < -0.39 is 5.97 Å². The highest BCUT2D eigenvalue weighted by molar-refractivity contribution is 9.10. The van der Waals surface area contributed by atoms with E-state index >= 15 is 0 Å². The summed E-state index contributed by atoms with van der Waals surface area (Å²) >= 11 is 9.18. The third-order valence-corrected chi connectivity index (χ3v) is 2.76. The third kappa shape index (κ3) is 1.98. The van der Waals surface area contributed by atoms with Crippen molar-refractivity contribution < 1.29 is 9.90 Å². The Bertz CT molecular complexity index is 538. The maximum Gasteiger partial charge on any atom is 0.325 e. The third-order valence-electron chi connectivity index (χ3n) is 1.94. The van der Waals surface area contributed by atoms with Crippen LogP contribution in [-0.4, -0.2) is 20.9 Å². The van der Waals surface area contributed by atoms with Crippen molar-refractivity contribution in [3.8, 4) is 0 Å². The molecule has 2 aromatic rings. The van der Waals surface area contributed by atoms with Crippen molar-refractivity contribution in [2.45, 2.75) is 6.54 Å². The average Bonchev–Trinajstić information content (AvgIpc) is 2.46. The molecule has 2 rings (SSSR count). The predicted molar refractivity (Wildman–Crippen MR) is 60.1 cm³/mol. The van der Waals surface area contributed by atoms with Gasteiger partial charge in [0.05, 0.1) is 11.7 Å². The largest absolute Gasteiger partial charge is 0.480 e. The number of rotatable bonds is 2. The van der Waals surface area contributed by atoms with Crippen LogP contribution in [0.4, 0.5) is 0 Å². The molecule has 1 aromatic carbocycles. The summed E-state index contributed by atoms with van der Waals surface area (Å²) in [7, 11) is 0. The number of nitrogens with zero attached hydrogens (tertiary/aromatic N) is 2. The molecular weight excluding hydrogens is 283 g/mol. The number of carbonyl (C=O) groups is 1. The zero-order chi connectivity index (χ0) is 11.0. The van der Waals surface area contributed by atoms with Crippen molar-refractivity contribution in [2.24, 2.45) is 0 Å². The van der Waals surface area contributed by atoms with E-state index in [4.69, 9.17) is 16.7 Å². The highest BCUT2D eigenvalue weighted by Gasteiger charge is 2.10. The molecule has 0 unspecified atom stereocenters. The van der Waals surface area contributed by atoms with Crippen molar-refractivity contribution in [1.29, 1.82) is 0 Å². The van der Waals surface area contributed by atoms with Crippen LogP contribution < -0.4 is 0 Å². The molecule has 4 nitrogen and oxygen atoms in total. The molecule has 15 heavy (non-hydrogen) atoms. The molecule has 0 fully saturated rings. The number of halogens is 2. The molecule has 0 aliphatic carbocycles. The van der Waals surface area contributed by atoms with Crippen LogP contribution in [0, 0.1) is 0 Å². The summed E-state index contributed by atoms with van der Waals surface area (Å²) in [6, 6.07) is 3.46. The van der Waals surface area contributed by atoms with Crippen LogP contribution in [-0.2, 0) is 11.3 Å². The average molecular weight is 290 g/mol. The number of benzene rings is 1. The Balaban J connectivity index is 2.63. The molecule has 78 valence electrons. The first-order valence-corrected chi connectivity index (χ1v) is 5.27. The number of aliphatic carboxylic acids is 1. The molecule has 1 aromatic heterocycles. The van der Waals surface area contributed by atoms with E-state index in [2.05, 4.69) is 21.0 Å². The molecule has 1 N–H and O–H groups in total. The lowest BCUT2D eigenvalue weighted by atomic mass is 10.2. The van der Waals surface area contributed by atoms with Gasteiger partial charge in [0.15, 0.2) is 0 Å². The van der Waals surface area contributed by atoms with Crippen LogP contribution in [0.2, 0.25) is 5.02 Å². The Hall–Kier alpha value is -1.07. The monoisotopic (exact) mass is 288 g/mol. The van der Waals surface area contributed by atoms with Gasteiger partial charge in [-0.15, -0.1) is 0 Å². The second kappa shape index (κ2) is 3.83. The molecule has 0 bridgehead atoms. The first-order valence-electron chi connectivity index (χ1n) is 4.10. The zero-order valence-electron chi connectivity index (χ0n) is 7.44. The van der Waals surface area contributed by atoms with Crippen LogP contribution in [0.3, 0.4) is 0 Å². The minimum atomic E-state index is -0.929. The molecule has 0 atom stereocenters. The highest BCUT2D eigenvalue weighted by atomic mass is 79.9. The highest BCUT2D eigenvalue weighted by Crippen LogP contribution is 2.27. The number of hydrogen-bond donors (Lipinski definition) is 1. The quantitative estimate of drug-likeness (QED) is 0.924. The molecular formula is C9H6BrClN2O2. The van der Waals surface area contributed by atoms with E-state index in [1.54, 1.807) is 18.3 Å². The Kier molecular flexibility index (Phi) is 2.67. The Morgan fingerprint density at radius 2 is 2.33 bits per heavy atom. The van der Waals surface area contributed by atoms with Gasteiger partial charge in [-0.05, 0) is 28.1 Å². The Labute approximate surface area is 98.6 Å². The maximum atomic E-state index is 10.6. The number of carboxylic acids is 1. The number of fused-ring (bicyclic) bond motifs is 1. The fourth-order valence-corrected chi connectivity index (χ4v) is 2.43. The van der Waals surface area contributed by atoms with Gasteiger partial charge in [-0.1, -0.05) is 11.6 Å². The lowest BCUT2D eigenvalue weighted by Crippen LogP contribution is -2.09. The van der Waals surface area contributed by atoms with Gasteiger partial charge in [0.25, 0.3) is 0 Å². The number of aromatic nitrogens is 2. The van der Waals surface area contributed by atoms with Gasteiger partial charge in [-0.25, -0.2) is 0 Å². The van der Waals surface area contributed by atoms with Gasteiger partial charge in [0, 0.05) is 14.9 Å². The van der Waals surface area contributed by atoms with Crippen LogP contribution >= 0.6 is 27.5 Å². The van der Waals surface area contributed by atoms with E-state index in [0.29, 0.717) is 5.02 Å². The molecule has 0 aliphatic heterocycles. The second-order valence-corrected chi connectivity index (χ2v) is 4.31. The van der Waals surface area contributed by atoms with Crippen molar-refractivity contribution in [3.05, 3.63) is 27.8 Å². The predicted octanol–water partition coefficient (Wildman–Crippen LogP) is 2.54. The van der Waals surface area contributed by atoms with Gasteiger partial charge in [0.2, 0.25) is 0 Å². The Morgan fingerprint density at radius 3 is 3.00 bits per heavy atom. The summed E-state index contributed by atoms with van der Waals surface area (Å²) in [6.07, 6.45) is 1.59. The van der Waals surface area contributed by atoms with Crippen LogP contribution in [0.1, 0.15) is 0 Å². The zero-order valence-corrected chi connectivity index (χ0v) is 9.79. The summed E-state index contributed by atoms with van der Waals surface area (Å²) < 4.78 is 2.15. The van der Waals surface area contributed by atoms with E-state index in [-0.39, 0.29) is 6.54 Å². The normalized spacial score (nSPS) is 10.8. The Morgan fingerprint density at radius 1 is 1.60 bits per heavy atom. The minimum absolute atomic E-state index is 0.163. The minimum Gasteiger partial charge on any atom is -0.480 e. The molecule has 6 heteroatoms. The van der Waals surface area contributed by atoms with Gasteiger partial charge in [-0.2, -0.15) is 5.10 Å². The molecule has 0 saturated heterocycles. The summed E-state index contributed by atoms with van der Waals surface area (Å²) in [4.78, 5) is 10.6. The summed E-state index contributed by atoms with van der Waals surface area (Å²) in [5, 5.41) is 14.1. The molecule has 0 saturated carbocycles. The lowest BCUT2D eigenvalue weighted by molar-refractivity contribution is -0.137. The molecule has 0 amide bonds. The van der Waals surface area contributed by atoms with Crippen molar-refractivity contribution in [3.63, 3.8) is 0 Å². The van der Waals surface area contributed by atoms with Crippen LogP contribution in [0.15, 0.2) is 22.8 Å². The molecule has 0 aliphatic rings. The molecule has 0 spiro atoms. The van der Waals surface area contributed by atoms with Gasteiger partial charge < -0.3 is 5.11 Å². The van der Waals surface area contributed by atoms with E-state index in [0.717, 1.165) is 15.4 Å². The maximum absolute atomic E-state index is 10.6. The summed E-state index contributed by atoms with van der Waals surface area (Å²) in [5.41, 5.74) is 0.738. The number of carboxylic acid groups (broad SMARTS) is 1. The van der Waals surface area contributed by atoms with Gasteiger partial charge in [-0.3, -0.25) is 9.48 Å². The van der Waals surface area contributed by atoms with Crippen molar-refractivity contribution in [1.82, 2.24) is 9.78 Å². The van der Waals surface area contributed by atoms with E-state index in [1.165, 1.54) is 4.68 Å². The summed E-state index contributed by atoms with van der Waals surface area (Å²) in [6.45, 7) is -0.163. The fourth-order valence-electron chi connectivity index (χ4n) is 1.39. The summed E-state index contributed by atoms with van der Waals surface area (Å²) in [5.74, 6) is -0.929.